The van der Waals surface area contributed by atoms with Crippen molar-refractivity contribution in [3.8, 4) is 0 Å². The van der Waals surface area contributed by atoms with Gasteiger partial charge in [0.05, 0.1) is 0 Å². The maximum absolute atomic E-state index is 12.4. The SMILES string of the molecule is CN1NN=C(c2cc3n(c(=O)c2)CC2CNCC3C2)N1. The quantitative estimate of drug-likeness (QED) is 0.623. The lowest BCUT2D eigenvalue weighted by Crippen LogP contribution is -2.45. The van der Waals surface area contributed by atoms with Crippen LogP contribution in [0.25, 0.3) is 0 Å². The Morgan fingerprint density at radius 1 is 1.35 bits per heavy atom. The van der Waals surface area contributed by atoms with Gasteiger partial charge in [-0.1, -0.05) is 0 Å². The van der Waals surface area contributed by atoms with Crippen molar-refractivity contribution in [3.05, 3.63) is 33.7 Å². The molecule has 0 aliphatic carbocycles. The summed E-state index contributed by atoms with van der Waals surface area (Å²) in [6.07, 6.45) is 1.17. The maximum atomic E-state index is 12.4. The van der Waals surface area contributed by atoms with Gasteiger partial charge in [-0.25, -0.2) is 5.53 Å². The molecular formula is C13H18N6O. The van der Waals surface area contributed by atoms with Gasteiger partial charge in [-0.3, -0.25) is 10.2 Å². The lowest BCUT2D eigenvalue weighted by Gasteiger charge is -2.37. The van der Waals surface area contributed by atoms with Gasteiger partial charge in [0.2, 0.25) is 0 Å². The molecule has 2 atom stereocenters. The number of nitrogens with one attached hydrogen (secondary N) is 3. The van der Waals surface area contributed by atoms with Gasteiger partial charge in [0.15, 0.2) is 5.84 Å². The summed E-state index contributed by atoms with van der Waals surface area (Å²) in [5.41, 5.74) is 7.93. The highest BCUT2D eigenvalue weighted by Crippen LogP contribution is 2.32. The summed E-state index contributed by atoms with van der Waals surface area (Å²) in [6, 6.07) is 3.77. The molecule has 2 unspecified atom stereocenters. The van der Waals surface area contributed by atoms with Crippen molar-refractivity contribution in [2.75, 3.05) is 20.1 Å². The Morgan fingerprint density at radius 3 is 3.05 bits per heavy atom. The Hall–Kier alpha value is -1.86. The van der Waals surface area contributed by atoms with Crippen molar-refractivity contribution in [3.63, 3.8) is 0 Å². The lowest BCUT2D eigenvalue weighted by atomic mass is 9.84. The first-order valence-corrected chi connectivity index (χ1v) is 7.00. The first-order chi connectivity index (χ1) is 9.70. The number of rotatable bonds is 1. The molecule has 20 heavy (non-hydrogen) atoms. The van der Waals surface area contributed by atoms with Gasteiger partial charge in [-0.05, 0) is 24.9 Å². The summed E-state index contributed by atoms with van der Waals surface area (Å²) in [4.78, 5) is 12.4. The summed E-state index contributed by atoms with van der Waals surface area (Å²) in [5.74, 6) is 1.71. The number of pyridine rings is 1. The normalized spacial score (nSPS) is 28.4. The fourth-order valence-corrected chi connectivity index (χ4v) is 3.40. The average molecular weight is 274 g/mol. The molecule has 0 radical (unpaired) electrons. The largest absolute Gasteiger partial charge is 0.316 e. The standard InChI is InChI=1S/C13H18N6O/c1-18-16-13(15-17-18)9-3-11-10-2-8(5-14-6-10)7-19(11)12(20)4-9/h3-4,8,10,14,17H,2,5-7H2,1H3,(H,15,16). The van der Waals surface area contributed by atoms with E-state index >= 15 is 0 Å². The Labute approximate surface area is 116 Å². The van der Waals surface area contributed by atoms with E-state index in [0.29, 0.717) is 17.7 Å². The molecule has 2 bridgehead atoms. The van der Waals surface area contributed by atoms with Crippen molar-refractivity contribution < 1.29 is 0 Å². The van der Waals surface area contributed by atoms with Gasteiger partial charge < -0.3 is 9.88 Å². The number of aromatic nitrogens is 1. The van der Waals surface area contributed by atoms with E-state index < -0.39 is 0 Å². The highest BCUT2D eigenvalue weighted by Gasteiger charge is 2.31. The molecule has 1 aromatic heterocycles. The Balaban J connectivity index is 1.78. The average Bonchev–Trinajstić information content (AvgIpc) is 2.87. The lowest BCUT2D eigenvalue weighted by molar-refractivity contribution is 0.231. The third-order valence-electron chi connectivity index (χ3n) is 4.32. The van der Waals surface area contributed by atoms with E-state index in [1.807, 2.05) is 11.6 Å². The molecule has 7 heteroatoms. The minimum Gasteiger partial charge on any atom is -0.316 e. The summed E-state index contributed by atoms with van der Waals surface area (Å²) in [6.45, 7) is 2.81. The van der Waals surface area contributed by atoms with Crippen LogP contribution in [0.1, 0.15) is 23.6 Å². The first kappa shape index (κ1) is 11.9. The van der Waals surface area contributed by atoms with Crippen molar-refractivity contribution in [1.29, 1.82) is 0 Å². The molecule has 0 spiro atoms. The van der Waals surface area contributed by atoms with E-state index in [2.05, 4.69) is 27.4 Å². The second-order valence-corrected chi connectivity index (χ2v) is 5.81. The van der Waals surface area contributed by atoms with Gasteiger partial charge in [-0.15, -0.1) is 10.2 Å². The Kier molecular flexibility index (Phi) is 2.58. The van der Waals surface area contributed by atoms with Gasteiger partial charge in [-0.2, -0.15) is 0 Å². The van der Waals surface area contributed by atoms with Gasteiger partial charge in [0.25, 0.3) is 5.56 Å². The number of nitrogens with zero attached hydrogens (tertiary/aromatic N) is 3. The summed E-state index contributed by atoms with van der Waals surface area (Å²) in [7, 11) is 1.83. The first-order valence-electron chi connectivity index (χ1n) is 7.00. The zero-order valence-corrected chi connectivity index (χ0v) is 11.4. The topological polar surface area (TPSA) is 73.7 Å². The van der Waals surface area contributed by atoms with Crippen LogP contribution in [0.4, 0.5) is 0 Å². The van der Waals surface area contributed by atoms with Gasteiger partial charge >= 0.3 is 0 Å². The summed E-state index contributed by atoms with van der Waals surface area (Å²) >= 11 is 0. The van der Waals surface area contributed by atoms with Crippen molar-refractivity contribution in [1.82, 2.24) is 26.0 Å². The number of amidine groups is 1. The molecule has 1 aromatic rings. The molecule has 1 fully saturated rings. The van der Waals surface area contributed by atoms with E-state index in [-0.39, 0.29) is 5.56 Å². The Morgan fingerprint density at radius 2 is 2.25 bits per heavy atom. The molecule has 4 rings (SSSR count). The van der Waals surface area contributed by atoms with E-state index in [9.17, 15) is 4.79 Å². The van der Waals surface area contributed by atoms with Crippen LogP contribution in [0.5, 0.6) is 0 Å². The molecule has 1 saturated heterocycles. The van der Waals surface area contributed by atoms with Crippen LogP contribution in [0, 0.1) is 5.92 Å². The minimum atomic E-state index is 0.0770. The molecule has 0 saturated carbocycles. The van der Waals surface area contributed by atoms with E-state index in [1.165, 1.54) is 6.42 Å². The fourth-order valence-electron chi connectivity index (χ4n) is 3.40. The molecule has 106 valence electrons. The fraction of sp³-hybridized carbons (Fsp3) is 0.538. The monoisotopic (exact) mass is 274 g/mol. The van der Waals surface area contributed by atoms with Crippen LogP contribution in [0.3, 0.4) is 0 Å². The molecule has 7 nitrogen and oxygen atoms in total. The zero-order chi connectivity index (χ0) is 13.7. The molecular weight excluding hydrogens is 256 g/mol. The van der Waals surface area contributed by atoms with E-state index in [0.717, 1.165) is 30.9 Å². The van der Waals surface area contributed by atoms with Crippen LogP contribution in [0.15, 0.2) is 22.0 Å². The minimum absolute atomic E-state index is 0.0770. The number of hydrogen-bond acceptors (Lipinski definition) is 6. The highest BCUT2D eigenvalue weighted by atomic mass is 16.1. The second-order valence-electron chi connectivity index (χ2n) is 5.81. The number of hydrazone groups is 1. The summed E-state index contributed by atoms with van der Waals surface area (Å²) in [5, 5.41) is 9.29. The highest BCUT2D eigenvalue weighted by molar-refractivity contribution is 5.98. The molecule has 4 heterocycles. The molecule has 0 aromatic carbocycles. The van der Waals surface area contributed by atoms with Crippen LogP contribution >= 0.6 is 0 Å². The van der Waals surface area contributed by atoms with Crippen molar-refractivity contribution in [2.24, 2.45) is 11.0 Å². The van der Waals surface area contributed by atoms with E-state index in [4.69, 9.17) is 0 Å². The predicted molar refractivity (Wildman–Crippen MR) is 75.0 cm³/mol. The Bertz CT molecular complexity index is 636. The third-order valence-corrected chi connectivity index (χ3v) is 4.32. The van der Waals surface area contributed by atoms with Gasteiger partial charge in [0.1, 0.15) is 0 Å². The van der Waals surface area contributed by atoms with Crippen LogP contribution in [0.2, 0.25) is 0 Å². The summed E-state index contributed by atoms with van der Waals surface area (Å²) < 4.78 is 1.94. The van der Waals surface area contributed by atoms with Crippen molar-refractivity contribution in [2.45, 2.75) is 18.9 Å². The number of hydrazine groups is 2. The zero-order valence-electron chi connectivity index (χ0n) is 11.4. The van der Waals surface area contributed by atoms with Crippen LogP contribution in [-0.4, -0.2) is 35.7 Å². The van der Waals surface area contributed by atoms with Gasteiger partial charge in [0, 0.05) is 43.4 Å². The molecule has 3 N–H and O–H groups in total. The van der Waals surface area contributed by atoms with Crippen LogP contribution < -0.4 is 21.8 Å². The maximum Gasteiger partial charge on any atom is 0.251 e. The molecule has 3 aliphatic rings. The van der Waals surface area contributed by atoms with E-state index in [1.54, 1.807) is 11.2 Å². The van der Waals surface area contributed by atoms with Crippen molar-refractivity contribution >= 4 is 5.84 Å². The molecule has 0 amide bonds. The third kappa shape index (κ3) is 1.82. The number of fused-ring (bicyclic) bond motifs is 4. The smallest absolute Gasteiger partial charge is 0.251 e. The number of piperidine rings is 1. The van der Waals surface area contributed by atoms with Crippen LogP contribution in [-0.2, 0) is 6.54 Å². The molecule has 3 aliphatic heterocycles. The second kappa shape index (κ2) is 4.32. The number of hydrogen-bond donors (Lipinski definition) is 3. The predicted octanol–water partition coefficient (Wildman–Crippen LogP) is -0.829.